The summed E-state index contributed by atoms with van der Waals surface area (Å²) in [5, 5.41) is 0. The predicted octanol–water partition coefficient (Wildman–Crippen LogP) is 6.06. The van der Waals surface area contributed by atoms with Gasteiger partial charge in [-0.1, -0.05) is 60.7 Å². The van der Waals surface area contributed by atoms with Crippen LogP contribution in [-0.4, -0.2) is 31.9 Å². The van der Waals surface area contributed by atoms with Gasteiger partial charge in [0.1, 0.15) is 0 Å². The van der Waals surface area contributed by atoms with Crippen LogP contribution < -0.4 is 0 Å². The van der Waals surface area contributed by atoms with Gasteiger partial charge in [0.15, 0.2) is 4.84 Å². The molecule has 3 nitrogen and oxygen atoms in total. The van der Waals surface area contributed by atoms with Crippen LogP contribution >= 0.6 is 58.4 Å². The summed E-state index contributed by atoms with van der Waals surface area (Å²) >= 11 is 24.5. The standard InChI is InChI=1S/C15H23Cl4NO2S2/c1-3-5-9-14(10-7-6-8-11-14)24(21,22)20(12-4-2)23-15(18,19)13(16)17/h3-5,13H,2,6-12H2,1H3. The molecule has 1 aliphatic rings. The molecule has 1 saturated carbocycles. The molecule has 0 heterocycles. The van der Waals surface area contributed by atoms with Gasteiger partial charge in [-0.05, 0) is 38.1 Å². The molecule has 1 fully saturated rings. The van der Waals surface area contributed by atoms with E-state index in [1.54, 1.807) is 0 Å². The molecule has 1 aliphatic carbocycles. The fourth-order valence-corrected chi connectivity index (χ4v) is 7.36. The average Bonchev–Trinajstić information content (AvgIpc) is 2.53. The van der Waals surface area contributed by atoms with Crippen molar-refractivity contribution in [1.29, 1.82) is 0 Å². The van der Waals surface area contributed by atoms with Crippen LogP contribution in [0.15, 0.2) is 24.8 Å². The van der Waals surface area contributed by atoms with E-state index in [1.165, 1.54) is 9.79 Å². The molecule has 1 rings (SSSR count). The number of hydrogen-bond acceptors (Lipinski definition) is 3. The zero-order valence-electron chi connectivity index (χ0n) is 13.6. The molecule has 0 N–H and O–H groups in total. The molecule has 0 saturated heterocycles. The third-order valence-electron chi connectivity index (χ3n) is 4.06. The highest BCUT2D eigenvalue weighted by molar-refractivity contribution is 8.11. The molecule has 0 aliphatic heterocycles. The lowest BCUT2D eigenvalue weighted by Crippen LogP contribution is -2.48. The van der Waals surface area contributed by atoms with Crippen molar-refractivity contribution in [2.45, 2.75) is 58.7 Å². The van der Waals surface area contributed by atoms with Gasteiger partial charge >= 0.3 is 0 Å². The van der Waals surface area contributed by atoms with Crippen LogP contribution in [0.25, 0.3) is 0 Å². The topological polar surface area (TPSA) is 37.4 Å². The summed E-state index contributed by atoms with van der Waals surface area (Å²) in [5.41, 5.74) is 0. The Kier molecular flexibility index (Phi) is 9.30. The van der Waals surface area contributed by atoms with E-state index < -0.39 is 23.3 Å². The van der Waals surface area contributed by atoms with Crippen LogP contribution in [0.3, 0.4) is 0 Å². The second-order valence-corrected chi connectivity index (χ2v) is 12.4. The van der Waals surface area contributed by atoms with Gasteiger partial charge in [0.05, 0.1) is 4.75 Å². The first-order valence-electron chi connectivity index (χ1n) is 7.72. The van der Waals surface area contributed by atoms with Crippen molar-refractivity contribution >= 4 is 68.4 Å². The van der Waals surface area contributed by atoms with Crippen LogP contribution in [0.2, 0.25) is 0 Å². The summed E-state index contributed by atoms with van der Waals surface area (Å²) < 4.78 is 25.5. The molecular formula is C15H23Cl4NO2S2. The number of halogens is 4. The normalized spacial score (nSPS) is 19.3. The maximum absolute atomic E-state index is 13.4. The van der Waals surface area contributed by atoms with Gasteiger partial charge in [-0.2, -0.15) is 0 Å². The van der Waals surface area contributed by atoms with Gasteiger partial charge in [0.2, 0.25) is 13.7 Å². The summed E-state index contributed by atoms with van der Waals surface area (Å²) in [7, 11) is -3.70. The Bertz CT molecular complexity index is 544. The molecule has 0 aromatic heterocycles. The van der Waals surface area contributed by atoms with Crippen molar-refractivity contribution in [2.75, 3.05) is 6.54 Å². The second-order valence-electron chi connectivity index (χ2n) is 5.75. The van der Waals surface area contributed by atoms with Gasteiger partial charge in [0, 0.05) is 6.54 Å². The Morgan fingerprint density at radius 2 is 1.88 bits per heavy atom. The largest absolute Gasteiger partial charge is 0.229 e. The second kappa shape index (κ2) is 9.72. The Hall–Kier alpha value is 0.900. The Morgan fingerprint density at radius 1 is 1.29 bits per heavy atom. The first-order chi connectivity index (χ1) is 11.1. The summed E-state index contributed by atoms with van der Waals surface area (Å²) in [4.78, 5) is -1.15. The van der Waals surface area contributed by atoms with E-state index in [4.69, 9.17) is 46.4 Å². The summed E-state index contributed by atoms with van der Waals surface area (Å²) in [6, 6.07) is 0. The Balaban J connectivity index is 3.22. The number of rotatable bonds is 9. The molecule has 0 amide bonds. The van der Waals surface area contributed by atoms with Crippen molar-refractivity contribution in [3.8, 4) is 0 Å². The van der Waals surface area contributed by atoms with E-state index in [2.05, 4.69) is 6.58 Å². The van der Waals surface area contributed by atoms with Gasteiger partial charge in [-0.3, -0.25) is 0 Å². The number of sulfonamides is 1. The molecule has 0 unspecified atom stereocenters. The van der Waals surface area contributed by atoms with Crippen molar-refractivity contribution < 1.29 is 8.42 Å². The molecule has 0 aromatic rings. The highest BCUT2D eigenvalue weighted by atomic mass is 35.5. The lowest BCUT2D eigenvalue weighted by Gasteiger charge is -2.40. The summed E-state index contributed by atoms with van der Waals surface area (Å²) in [5.74, 6) is 0. The van der Waals surface area contributed by atoms with Crippen LogP contribution in [0.5, 0.6) is 0 Å². The summed E-state index contributed by atoms with van der Waals surface area (Å²) in [6.45, 7) is 5.59. The van der Waals surface area contributed by atoms with Crippen molar-refractivity contribution in [3.05, 3.63) is 24.8 Å². The number of hydrogen-bond donors (Lipinski definition) is 0. The third-order valence-corrected chi connectivity index (χ3v) is 10.3. The fraction of sp³-hybridized carbons (Fsp3) is 0.733. The molecule has 0 bridgehead atoms. The average molecular weight is 455 g/mol. The van der Waals surface area contributed by atoms with E-state index in [0.717, 1.165) is 31.2 Å². The summed E-state index contributed by atoms with van der Waals surface area (Å²) in [6.07, 6.45) is 9.75. The van der Waals surface area contributed by atoms with Crippen LogP contribution in [0.1, 0.15) is 45.4 Å². The quantitative estimate of drug-likeness (QED) is 0.241. The van der Waals surface area contributed by atoms with Crippen LogP contribution in [0.4, 0.5) is 0 Å². The first kappa shape index (κ1) is 22.9. The molecule has 0 atom stereocenters. The van der Waals surface area contributed by atoms with Crippen LogP contribution in [0, 0.1) is 0 Å². The highest BCUT2D eigenvalue weighted by Gasteiger charge is 2.49. The molecular weight excluding hydrogens is 432 g/mol. The zero-order chi connectivity index (χ0) is 18.4. The number of allylic oxidation sites excluding steroid dienone is 2. The van der Waals surface area contributed by atoms with E-state index in [1.807, 2.05) is 19.1 Å². The zero-order valence-corrected chi connectivity index (χ0v) is 18.2. The molecule has 0 aromatic carbocycles. The Labute approximate surface area is 169 Å². The Morgan fingerprint density at radius 3 is 2.33 bits per heavy atom. The van der Waals surface area contributed by atoms with Crippen LogP contribution in [-0.2, 0) is 10.0 Å². The van der Waals surface area contributed by atoms with Gasteiger partial charge < -0.3 is 0 Å². The minimum Gasteiger partial charge on any atom is -0.211 e. The van der Waals surface area contributed by atoms with E-state index in [9.17, 15) is 8.42 Å². The van der Waals surface area contributed by atoms with E-state index in [0.29, 0.717) is 19.3 Å². The van der Waals surface area contributed by atoms with Crippen molar-refractivity contribution in [2.24, 2.45) is 0 Å². The minimum absolute atomic E-state index is 0.0757. The molecule has 0 spiro atoms. The maximum atomic E-state index is 13.4. The first-order valence-corrected chi connectivity index (χ1v) is 11.6. The lowest BCUT2D eigenvalue weighted by molar-refractivity contribution is 0.362. The SMILES string of the molecule is C=CCN(SC(Cl)(Cl)C(Cl)Cl)S(=O)(=O)C1(CC=CC)CCCCC1. The molecule has 24 heavy (non-hydrogen) atoms. The highest BCUT2D eigenvalue weighted by Crippen LogP contribution is 2.49. The van der Waals surface area contributed by atoms with Gasteiger partial charge in [0.25, 0.3) is 0 Å². The predicted molar refractivity (Wildman–Crippen MR) is 109 cm³/mol. The lowest BCUT2D eigenvalue weighted by atomic mass is 9.86. The fourth-order valence-electron chi connectivity index (χ4n) is 2.78. The molecule has 0 radical (unpaired) electrons. The van der Waals surface area contributed by atoms with E-state index in [-0.39, 0.29) is 6.54 Å². The third kappa shape index (κ3) is 5.45. The van der Waals surface area contributed by atoms with Crippen molar-refractivity contribution in [3.63, 3.8) is 0 Å². The van der Waals surface area contributed by atoms with Gasteiger partial charge in [-0.25, -0.2) is 8.42 Å². The minimum atomic E-state index is -3.70. The van der Waals surface area contributed by atoms with Gasteiger partial charge in [-0.15, -0.1) is 33.5 Å². The monoisotopic (exact) mass is 453 g/mol. The van der Waals surface area contributed by atoms with Crippen molar-refractivity contribution in [1.82, 2.24) is 3.71 Å². The smallest absolute Gasteiger partial charge is 0.211 e. The molecule has 9 heteroatoms. The van der Waals surface area contributed by atoms with E-state index >= 15 is 0 Å². The number of alkyl halides is 4. The maximum Gasteiger partial charge on any atom is 0.229 e. The number of nitrogens with zero attached hydrogens (tertiary/aromatic N) is 1. The molecule has 140 valence electrons.